The van der Waals surface area contributed by atoms with E-state index in [1.54, 1.807) is 29.5 Å². The second kappa shape index (κ2) is 6.57. The summed E-state index contributed by atoms with van der Waals surface area (Å²) in [5, 5.41) is 4.05. The summed E-state index contributed by atoms with van der Waals surface area (Å²) in [5.74, 6) is -0.0553. The number of carbonyl (C=O) groups is 1. The van der Waals surface area contributed by atoms with Crippen LogP contribution in [0.15, 0.2) is 35.0 Å². The lowest BCUT2D eigenvalue weighted by atomic mass is 10.1. The minimum atomic E-state index is -3.38. The highest BCUT2D eigenvalue weighted by atomic mass is 32.2. The summed E-state index contributed by atoms with van der Waals surface area (Å²) >= 11 is 1.62. The molecule has 128 valence electrons. The van der Waals surface area contributed by atoms with Crippen molar-refractivity contribution in [1.29, 1.82) is 0 Å². The minimum absolute atomic E-state index is 0.0553. The molecule has 7 heteroatoms. The van der Waals surface area contributed by atoms with Crippen molar-refractivity contribution in [2.45, 2.75) is 32.4 Å². The zero-order chi connectivity index (χ0) is 17.3. The molecule has 0 radical (unpaired) electrons. The van der Waals surface area contributed by atoms with Crippen molar-refractivity contribution in [3.05, 3.63) is 51.7 Å². The zero-order valence-corrected chi connectivity index (χ0v) is 15.3. The number of thiophene rings is 1. The van der Waals surface area contributed by atoms with Gasteiger partial charge in [0.2, 0.25) is 10.0 Å². The number of anilines is 1. The number of amides is 1. The molecule has 0 bridgehead atoms. The van der Waals surface area contributed by atoms with Crippen LogP contribution in [0.3, 0.4) is 0 Å². The molecule has 5 nitrogen and oxygen atoms in total. The molecular weight excluding hydrogens is 344 g/mol. The van der Waals surface area contributed by atoms with E-state index >= 15 is 0 Å². The molecule has 2 aromatic rings. The Morgan fingerprint density at radius 2 is 2.08 bits per heavy atom. The van der Waals surface area contributed by atoms with Gasteiger partial charge in [0, 0.05) is 18.2 Å². The van der Waals surface area contributed by atoms with E-state index < -0.39 is 10.0 Å². The fourth-order valence-electron chi connectivity index (χ4n) is 2.56. The summed E-state index contributed by atoms with van der Waals surface area (Å²) in [5.41, 5.74) is 2.87. The molecule has 0 unspecified atom stereocenters. The van der Waals surface area contributed by atoms with Crippen LogP contribution in [-0.2, 0) is 16.6 Å². The molecule has 3 rings (SSSR count). The number of carbonyl (C=O) groups excluding carboxylic acids is 1. The fraction of sp³-hybridized carbons (Fsp3) is 0.353. The predicted molar refractivity (Wildman–Crippen MR) is 96.9 cm³/mol. The molecule has 1 aliphatic rings. The second-order valence-electron chi connectivity index (χ2n) is 6.20. The molecule has 1 aromatic heterocycles. The van der Waals surface area contributed by atoms with Crippen LogP contribution in [0, 0.1) is 6.92 Å². The van der Waals surface area contributed by atoms with Gasteiger partial charge in [-0.25, -0.2) is 8.42 Å². The van der Waals surface area contributed by atoms with E-state index in [0.717, 1.165) is 30.2 Å². The van der Waals surface area contributed by atoms with E-state index in [4.69, 9.17) is 0 Å². The molecule has 24 heavy (non-hydrogen) atoms. The van der Waals surface area contributed by atoms with Gasteiger partial charge in [-0.3, -0.25) is 9.52 Å². The predicted octanol–water partition coefficient (Wildman–Crippen LogP) is 3.23. The molecule has 1 heterocycles. The van der Waals surface area contributed by atoms with Crippen molar-refractivity contribution in [1.82, 2.24) is 4.90 Å². The smallest absolute Gasteiger partial charge is 0.254 e. The number of aryl methyl sites for hydroxylation is 1. The lowest BCUT2D eigenvalue weighted by molar-refractivity contribution is 0.0730. The highest BCUT2D eigenvalue weighted by Gasteiger charge is 2.33. The second-order valence-corrected chi connectivity index (χ2v) is 8.73. The van der Waals surface area contributed by atoms with Crippen LogP contribution < -0.4 is 4.72 Å². The molecule has 0 spiro atoms. The normalized spacial score (nSPS) is 14.4. The largest absolute Gasteiger partial charge is 0.331 e. The SMILES string of the molecule is Cc1ccc(C(=O)N(Cc2ccsc2)C2CC2)cc1NS(C)(=O)=O. The van der Waals surface area contributed by atoms with E-state index in [0.29, 0.717) is 17.8 Å². The zero-order valence-electron chi connectivity index (χ0n) is 13.7. The molecule has 0 aliphatic heterocycles. The Morgan fingerprint density at radius 1 is 1.33 bits per heavy atom. The number of nitrogens with one attached hydrogen (secondary N) is 1. The number of sulfonamides is 1. The van der Waals surface area contributed by atoms with E-state index in [-0.39, 0.29) is 11.9 Å². The monoisotopic (exact) mass is 364 g/mol. The Hall–Kier alpha value is -1.86. The van der Waals surface area contributed by atoms with E-state index in [1.165, 1.54) is 0 Å². The van der Waals surface area contributed by atoms with E-state index in [9.17, 15) is 13.2 Å². The Balaban J connectivity index is 1.86. The third kappa shape index (κ3) is 4.15. The van der Waals surface area contributed by atoms with Gasteiger partial charge in [-0.2, -0.15) is 11.3 Å². The first-order chi connectivity index (χ1) is 11.3. The lowest BCUT2D eigenvalue weighted by Gasteiger charge is -2.22. The molecule has 1 aromatic carbocycles. The van der Waals surface area contributed by atoms with Crippen LogP contribution in [0.5, 0.6) is 0 Å². The Bertz CT molecular complexity index is 841. The van der Waals surface area contributed by atoms with Gasteiger partial charge in [-0.05, 0) is 59.9 Å². The number of benzene rings is 1. The molecule has 1 N–H and O–H groups in total. The first-order valence-electron chi connectivity index (χ1n) is 7.74. The van der Waals surface area contributed by atoms with Crippen molar-refractivity contribution in [3.8, 4) is 0 Å². The van der Waals surface area contributed by atoms with E-state index in [2.05, 4.69) is 10.1 Å². The Labute approximate surface area is 146 Å². The maximum absolute atomic E-state index is 12.9. The maximum Gasteiger partial charge on any atom is 0.254 e. The topological polar surface area (TPSA) is 66.5 Å². The third-order valence-electron chi connectivity index (χ3n) is 3.96. The first kappa shape index (κ1) is 17.0. The van der Waals surface area contributed by atoms with Crippen LogP contribution in [0.4, 0.5) is 5.69 Å². The van der Waals surface area contributed by atoms with Crippen LogP contribution in [-0.4, -0.2) is 31.5 Å². The maximum atomic E-state index is 12.9. The summed E-state index contributed by atoms with van der Waals surface area (Å²) in [7, 11) is -3.38. The first-order valence-corrected chi connectivity index (χ1v) is 10.6. The van der Waals surface area contributed by atoms with Crippen LogP contribution in [0.25, 0.3) is 0 Å². The molecule has 1 fully saturated rings. The number of hydrogen-bond donors (Lipinski definition) is 1. The van der Waals surface area contributed by atoms with Gasteiger partial charge in [-0.15, -0.1) is 0 Å². The molecular formula is C17H20N2O3S2. The third-order valence-corrected chi connectivity index (χ3v) is 5.28. The number of hydrogen-bond acceptors (Lipinski definition) is 4. The molecule has 1 aliphatic carbocycles. The Morgan fingerprint density at radius 3 is 2.67 bits per heavy atom. The summed E-state index contributed by atoms with van der Waals surface area (Å²) < 4.78 is 25.5. The molecule has 1 saturated carbocycles. The highest BCUT2D eigenvalue weighted by Crippen LogP contribution is 2.31. The van der Waals surface area contributed by atoms with Gasteiger partial charge in [0.25, 0.3) is 5.91 Å². The molecule has 1 amide bonds. The van der Waals surface area contributed by atoms with Gasteiger partial charge in [-0.1, -0.05) is 6.07 Å². The summed E-state index contributed by atoms with van der Waals surface area (Å²) in [6.07, 6.45) is 3.15. The van der Waals surface area contributed by atoms with E-state index in [1.807, 2.05) is 23.3 Å². The van der Waals surface area contributed by atoms with Gasteiger partial charge < -0.3 is 4.90 Å². The van der Waals surface area contributed by atoms with Crippen molar-refractivity contribution >= 4 is 33.0 Å². The van der Waals surface area contributed by atoms with Crippen molar-refractivity contribution in [3.63, 3.8) is 0 Å². The van der Waals surface area contributed by atoms with Crippen molar-refractivity contribution in [2.24, 2.45) is 0 Å². The van der Waals surface area contributed by atoms with Crippen LogP contribution in [0.2, 0.25) is 0 Å². The lowest BCUT2D eigenvalue weighted by Crippen LogP contribution is -2.32. The number of nitrogens with zero attached hydrogens (tertiary/aromatic N) is 1. The fourth-order valence-corrected chi connectivity index (χ4v) is 3.84. The summed E-state index contributed by atoms with van der Waals surface area (Å²) in [6.45, 7) is 2.40. The van der Waals surface area contributed by atoms with Crippen molar-refractivity contribution < 1.29 is 13.2 Å². The van der Waals surface area contributed by atoms with Crippen molar-refractivity contribution in [2.75, 3.05) is 11.0 Å². The van der Waals surface area contributed by atoms with Crippen LogP contribution in [0.1, 0.15) is 34.3 Å². The minimum Gasteiger partial charge on any atom is -0.331 e. The van der Waals surface area contributed by atoms with Gasteiger partial charge in [0.05, 0.1) is 11.9 Å². The average molecular weight is 364 g/mol. The quantitative estimate of drug-likeness (QED) is 0.856. The van der Waals surface area contributed by atoms with Gasteiger partial charge in [0.15, 0.2) is 0 Å². The standard InChI is InChI=1S/C17H20N2O3S2/c1-12-3-4-14(9-16(12)18-24(2,21)22)17(20)19(15-5-6-15)10-13-7-8-23-11-13/h3-4,7-9,11,15,18H,5-6,10H2,1-2H3. The molecule has 0 saturated heterocycles. The molecule has 0 atom stereocenters. The van der Waals surface area contributed by atoms with Gasteiger partial charge in [0.1, 0.15) is 0 Å². The number of rotatable bonds is 6. The van der Waals surface area contributed by atoms with Gasteiger partial charge >= 0.3 is 0 Å². The highest BCUT2D eigenvalue weighted by molar-refractivity contribution is 7.92. The summed E-state index contributed by atoms with van der Waals surface area (Å²) in [6, 6.07) is 7.47. The summed E-state index contributed by atoms with van der Waals surface area (Å²) in [4.78, 5) is 14.8. The average Bonchev–Trinajstić information content (AvgIpc) is 3.21. The Kier molecular flexibility index (Phi) is 4.64. The van der Waals surface area contributed by atoms with Crippen LogP contribution >= 0.6 is 11.3 Å².